The Hall–Kier alpha value is -1.79. The van der Waals surface area contributed by atoms with Crippen LogP contribution in [0.3, 0.4) is 0 Å². The first-order valence-corrected chi connectivity index (χ1v) is 5.43. The summed E-state index contributed by atoms with van der Waals surface area (Å²) in [6.45, 7) is 3.35. The molecule has 0 spiro atoms. The monoisotopic (exact) mass is 243 g/mol. The Kier molecular flexibility index (Phi) is 3.93. The molecule has 96 valence electrons. The highest BCUT2D eigenvalue weighted by Gasteiger charge is 2.31. The Labute approximate surface area is 98.9 Å². The van der Waals surface area contributed by atoms with Crippen molar-refractivity contribution in [3.05, 3.63) is 0 Å². The van der Waals surface area contributed by atoms with Gasteiger partial charge in [-0.25, -0.2) is 9.59 Å². The minimum absolute atomic E-state index is 0.237. The molecule has 1 fully saturated rings. The number of carbonyl (C=O) groups excluding carboxylic acids is 2. The number of amides is 3. The fourth-order valence-corrected chi connectivity index (χ4v) is 1.44. The molecule has 1 saturated heterocycles. The van der Waals surface area contributed by atoms with Crippen molar-refractivity contribution in [2.45, 2.75) is 38.3 Å². The highest BCUT2D eigenvalue weighted by Crippen LogP contribution is 2.04. The van der Waals surface area contributed by atoms with Gasteiger partial charge in [0.25, 0.3) is 0 Å². The molecule has 4 N–H and O–H groups in total. The maximum absolute atomic E-state index is 11.5. The molecule has 0 bridgehead atoms. The molecular formula is C10H17N3O4. The zero-order valence-electron chi connectivity index (χ0n) is 9.87. The van der Waals surface area contributed by atoms with Crippen LogP contribution in [-0.4, -0.2) is 41.1 Å². The molecule has 1 aliphatic heterocycles. The zero-order valence-corrected chi connectivity index (χ0v) is 9.87. The summed E-state index contributed by atoms with van der Waals surface area (Å²) in [6, 6.07) is -1.24. The van der Waals surface area contributed by atoms with E-state index in [1.807, 2.05) is 0 Å². The van der Waals surface area contributed by atoms with Gasteiger partial charge in [0.15, 0.2) is 0 Å². The van der Waals surface area contributed by atoms with Gasteiger partial charge in [0, 0.05) is 6.54 Å². The first-order valence-electron chi connectivity index (χ1n) is 5.43. The summed E-state index contributed by atoms with van der Waals surface area (Å²) in [5, 5.41) is 16.2. The molecule has 1 heterocycles. The number of nitrogens with one attached hydrogen (secondary N) is 3. The summed E-state index contributed by atoms with van der Waals surface area (Å²) in [5.41, 5.74) is -1.37. The van der Waals surface area contributed by atoms with Crippen molar-refractivity contribution >= 4 is 17.9 Å². The fourth-order valence-electron chi connectivity index (χ4n) is 1.44. The van der Waals surface area contributed by atoms with Gasteiger partial charge in [0.2, 0.25) is 5.91 Å². The van der Waals surface area contributed by atoms with Crippen molar-refractivity contribution in [2.24, 2.45) is 0 Å². The van der Waals surface area contributed by atoms with Gasteiger partial charge < -0.3 is 21.1 Å². The Morgan fingerprint density at radius 2 is 2.12 bits per heavy atom. The minimum Gasteiger partial charge on any atom is -0.480 e. The Morgan fingerprint density at radius 3 is 2.65 bits per heavy atom. The van der Waals surface area contributed by atoms with E-state index in [4.69, 9.17) is 5.11 Å². The van der Waals surface area contributed by atoms with Crippen molar-refractivity contribution in [1.82, 2.24) is 16.0 Å². The number of aliphatic carboxylic acids is 1. The first kappa shape index (κ1) is 13.3. The number of hydrogen-bond acceptors (Lipinski definition) is 3. The third-order valence-corrected chi connectivity index (χ3v) is 2.55. The molecular weight excluding hydrogens is 226 g/mol. The highest BCUT2D eigenvalue weighted by atomic mass is 16.4. The van der Waals surface area contributed by atoms with Crippen LogP contribution in [0.25, 0.3) is 0 Å². The van der Waals surface area contributed by atoms with Gasteiger partial charge in [-0.3, -0.25) is 4.79 Å². The molecule has 1 atom stereocenters. The Morgan fingerprint density at radius 1 is 1.47 bits per heavy atom. The number of carboxylic acids is 1. The summed E-state index contributed by atoms with van der Waals surface area (Å²) >= 11 is 0. The van der Waals surface area contributed by atoms with Crippen LogP contribution in [0, 0.1) is 0 Å². The predicted octanol–water partition coefficient (Wildman–Crippen LogP) is -0.573. The maximum Gasteiger partial charge on any atom is 0.328 e. The lowest BCUT2D eigenvalue weighted by Crippen LogP contribution is -2.58. The largest absolute Gasteiger partial charge is 0.480 e. The minimum atomic E-state index is -1.37. The molecule has 0 aromatic carbocycles. The fraction of sp³-hybridized carbons (Fsp3) is 0.700. The molecule has 7 nitrogen and oxygen atoms in total. The van der Waals surface area contributed by atoms with Crippen molar-refractivity contribution in [3.63, 3.8) is 0 Å². The lowest BCUT2D eigenvalue weighted by atomic mass is 10.1. The third kappa shape index (κ3) is 3.61. The van der Waals surface area contributed by atoms with Gasteiger partial charge in [0.05, 0.1) is 0 Å². The second kappa shape index (κ2) is 5.03. The third-order valence-electron chi connectivity index (χ3n) is 2.55. The topological polar surface area (TPSA) is 108 Å². The Bertz CT molecular complexity index is 340. The first-order chi connectivity index (χ1) is 7.83. The number of carbonyl (C=O) groups is 3. The second-order valence-corrected chi connectivity index (χ2v) is 4.51. The van der Waals surface area contributed by atoms with E-state index in [0.717, 1.165) is 6.42 Å². The average molecular weight is 243 g/mol. The molecule has 0 aromatic rings. The van der Waals surface area contributed by atoms with Crippen LogP contribution >= 0.6 is 0 Å². The smallest absolute Gasteiger partial charge is 0.328 e. The van der Waals surface area contributed by atoms with E-state index in [9.17, 15) is 14.4 Å². The summed E-state index contributed by atoms with van der Waals surface area (Å²) in [6.07, 6.45) is 1.35. The molecule has 1 rings (SSSR count). The molecule has 1 aliphatic rings. The molecule has 1 unspecified atom stereocenters. The second-order valence-electron chi connectivity index (χ2n) is 4.51. The van der Waals surface area contributed by atoms with Crippen molar-refractivity contribution < 1.29 is 19.5 Å². The number of hydrogen-bond donors (Lipinski definition) is 4. The average Bonchev–Trinajstić information content (AvgIpc) is 2.20. The van der Waals surface area contributed by atoms with Crippen molar-refractivity contribution in [2.75, 3.05) is 6.54 Å². The molecule has 7 heteroatoms. The van der Waals surface area contributed by atoms with Gasteiger partial charge in [0.1, 0.15) is 11.6 Å². The van der Waals surface area contributed by atoms with Crippen molar-refractivity contribution in [1.29, 1.82) is 0 Å². The van der Waals surface area contributed by atoms with E-state index in [0.29, 0.717) is 13.0 Å². The van der Waals surface area contributed by atoms with Gasteiger partial charge in [-0.1, -0.05) is 0 Å². The standard InChI is InChI=1S/C10H17N3O4/c1-10(2,8(15)16)13-9(17)12-6-4-3-5-11-7(6)14/h6H,3-5H2,1-2H3,(H,11,14)(H,15,16)(H2,12,13,17). The maximum atomic E-state index is 11.5. The number of urea groups is 1. The SMILES string of the molecule is CC(C)(NC(=O)NC1CCCNC1=O)C(=O)O. The summed E-state index contributed by atoms with van der Waals surface area (Å²) in [7, 11) is 0. The van der Waals surface area contributed by atoms with Crippen LogP contribution in [0.2, 0.25) is 0 Å². The van der Waals surface area contributed by atoms with Crippen LogP contribution in [-0.2, 0) is 9.59 Å². The molecule has 17 heavy (non-hydrogen) atoms. The van der Waals surface area contributed by atoms with Crippen LogP contribution in [0.5, 0.6) is 0 Å². The lowest BCUT2D eigenvalue weighted by Gasteiger charge is -2.26. The molecule has 0 radical (unpaired) electrons. The molecule has 0 aliphatic carbocycles. The number of piperidine rings is 1. The van der Waals surface area contributed by atoms with E-state index in [1.54, 1.807) is 0 Å². The summed E-state index contributed by atoms with van der Waals surface area (Å²) in [4.78, 5) is 33.7. The Balaban J connectivity index is 2.49. The van der Waals surface area contributed by atoms with Crippen LogP contribution in [0.4, 0.5) is 4.79 Å². The number of carboxylic acid groups (broad SMARTS) is 1. The van der Waals surface area contributed by atoms with E-state index in [-0.39, 0.29) is 5.91 Å². The van der Waals surface area contributed by atoms with Gasteiger partial charge in [-0.05, 0) is 26.7 Å². The number of rotatable bonds is 3. The molecule has 0 saturated carbocycles. The van der Waals surface area contributed by atoms with E-state index >= 15 is 0 Å². The van der Waals surface area contributed by atoms with Crippen LogP contribution in [0.1, 0.15) is 26.7 Å². The van der Waals surface area contributed by atoms with Crippen molar-refractivity contribution in [3.8, 4) is 0 Å². The highest BCUT2D eigenvalue weighted by molar-refractivity contribution is 5.90. The predicted molar refractivity (Wildman–Crippen MR) is 59.4 cm³/mol. The van der Waals surface area contributed by atoms with E-state index in [2.05, 4.69) is 16.0 Å². The van der Waals surface area contributed by atoms with Crippen LogP contribution < -0.4 is 16.0 Å². The lowest BCUT2D eigenvalue weighted by molar-refractivity contribution is -0.142. The van der Waals surface area contributed by atoms with Crippen LogP contribution in [0.15, 0.2) is 0 Å². The summed E-state index contributed by atoms with van der Waals surface area (Å²) in [5.74, 6) is -1.37. The van der Waals surface area contributed by atoms with E-state index in [1.165, 1.54) is 13.8 Å². The normalized spacial score (nSPS) is 20.4. The van der Waals surface area contributed by atoms with Gasteiger partial charge >= 0.3 is 12.0 Å². The summed E-state index contributed by atoms with van der Waals surface area (Å²) < 4.78 is 0. The molecule has 3 amide bonds. The quantitative estimate of drug-likeness (QED) is 0.532. The zero-order chi connectivity index (χ0) is 13.1. The van der Waals surface area contributed by atoms with E-state index < -0.39 is 23.6 Å². The molecule has 0 aromatic heterocycles. The van der Waals surface area contributed by atoms with Gasteiger partial charge in [-0.2, -0.15) is 0 Å². The van der Waals surface area contributed by atoms with Gasteiger partial charge in [-0.15, -0.1) is 0 Å².